The Balaban J connectivity index is 2.54. The van der Waals surface area contributed by atoms with Gasteiger partial charge in [0.1, 0.15) is 18.9 Å². The van der Waals surface area contributed by atoms with Crippen molar-refractivity contribution in [3.05, 3.63) is 35.9 Å². The number of carbonyl (C=O) groups is 1. The van der Waals surface area contributed by atoms with E-state index in [1.165, 1.54) is 11.0 Å². The molecule has 0 unspecified atom stereocenters. The molecule has 6 heteroatoms. The molecule has 2 N–H and O–H groups in total. The van der Waals surface area contributed by atoms with Crippen LogP contribution in [0.15, 0.2) is 30.3 Å². The van der Waals surface area contributed by atoms with Gasteiger partial charge < -0.3 is 10.6 Å². The van der Waals surface area contributed by atoms with Crippen molar-refractivity contribution in [2.24, 2.45) is 0 Å². The third kappa shape index (κ3) is 2.50. The molecule has 1 heterocycles. The van der Waals surface area contributed by atoms with Crippen molar-refractivity contribution >= 4 is 22.6 Å². The molecule has 0 aliphatic heterocycles. The zero-order valence-corrected chi connectivity index (χ0v) is 10.6. The van der Waals surface area contributed by atoms with Crippen LogP contribution in [0.4, 0.5) is 5.82 Å². The van der Waals surface area contributed by atoms with Crippen LogP contribution in [-0.4, -0.2) is 28.9 Å². The highest BCUT2D eigenvalue weighted by atomic mass is 16.2. The number of nitrogens with two attached hydrogens (primary N) is 1. The number of hydrogen-bond donors (Lipinski definition) is 1. The van der Waals surface area contributed by atoms with Crippen molar-refractivity contribution in [1.29, 1.82) is 10.5 Å². The van der Waals surface area contributed by atoms with Crippen molar-refractivity contribution in [3.63, 3.8) is 0 Å². The monoisotopic (exact) mass is 265 g/mol. The molecule has 20 heavy (non-hydrogen) atoms. The molecule has 1 aromatic carbocycles. The smallest absolute Gasteiger partial charge is 0.256 e. The van der Waals surface area contributed by atoms with Gasteiger partial charge in [-0.3, -0.25) is 4.79 Å². The maximum Gasteiger partial charge on any atom is 0.256 e. The lowest BCUT2D eigenvalue weighted by Crippen LogP contribution is -2.32. The van der Waals surface area contributed by atoms with Gasteiger partial charge in [0.2, 0.25) is 0 Å². The fourth-order valence-corrected chi connectivity index (χ4v) is 1.91. The number of amides is 1. The summed E-state index contributed by atoms with van der Waals surface area (Å²) in [7, 11) is 0. The summed E-state index contributed by atoms with van der Waals surface area (Å²) in [6, 6.07) is 12.3. The van der Waals surface area contributed by atoms with E-state index < -0.39 is 5.91 Å². The highest BCUT2D eigenvalue weighted by Gasteiger charge is 2.18. The average Bonchev–Trinajstić information content (AvgIpc) is 2.45. The molecule has 1 aromatic heterocycles. The topological polar surface area (TPSA) is 107 Å². The number of aromatic nitrogens is 1. The van der Waals surface area contributed by atoms with Gasteiger partial charge in [-0.15, -0.1) is 0 Å². The van der Waals surface area contributed by atoms with Crippen LogP contribution in [0.5, 0.6) is 0 Å². The van der Waals surface area contributed by atoms with Crippen molar-refractivity contribution in [3.8, 4) is 12.1 Å². The van der Waals surface area contributed by atoms with Gasteiger partial charge in [-0.2, -0.15) is 10.5 Å². The molecule has 2 aromatic rings. The van der Waals surface area contributed by atoms with E-state index >= 15 is 0 Å². The Bertz CT molecular complexity index is 725. The van der Waals surface area contributed by atoms with Gasteiger partial charge in [0.15, 0.2) is 0 Å². The van der Waals surface area contributed by atoms with Crippen LogP contribution in [0.1, 0.15) is 10.4 Å². The molecule has 0 radical (unpaired) electrons. The van der Waals surface area contributed by atoms with Crippen LogP contribution in [0.3, 0.4) is 0 Å². The number of hydrogen-bond acceptors (Lipinski definition) is 5. The van der Waals surface area contributed by atoms with E-state index in [-0.39, 0.29) is 18.9 Å². The molecule has 0 saturated heterocycles. The normalized spacial score (nSPS) is 9.70. The van der Waals surface area contributed by atoms with E-state index in [2.05, 4.69) is 4.98 Å². The Morgan fingerprint density at radius 1 is 1.25 bits per heavy atom. The van der Waals surface area contributed by atoms with Crippen molar-refractivity contribution in [1.82, 2.24) is 9.88 Å². The molecule has 0 bridgehead atoms. The van der Waals surface area contributed by atoms with Gasteiger partial charge in [0.05, 0.1) is 23.2 Å². The maximum atomic E-state index is 12.4. The average molecular weight is 265 g/mol. The van der Waals surface area contributed by atoms with Crippen LogP contribution in [0.25, 0.3) is 10.9 Å². The number of nitriles is 2. The highest BCUT2D eigenvalue weighted by molar-refractivity contribution is 6.07. The molecule has 6 nitrogen and oxygen atoms in total. The second-order valence-corrected chi connectivity index (χ2v) is 4.09. The Morgan fingerprint density at radius 3 is 2.55 bits per heavy atom. The molecule has 0 atom stereocenters. The zero-order valence-electron chi connectivity index (χ0n) is 10.6. The predicted molar refractivity (Wildman–Crippen MR) is 73.3 cm³/mol. The Hall–Kier alpha value is -3.12. The molecule has 98 valence electrons. The number of rotatable bonds is 3. The Kier molecular flexibility index (Phi) is 3.78. The third-order valence-corrected chi connectivity index (χ3v) is 2.78. The van der Waals surface area contributed by atoms with E-state index in [1.54, 1.807) is 24.3 Å². The molecule has 0 aliphatic rings. The maximum absolute atomic E-state index is 12.4. The summed E-state index contributed by atoms with van der Waals surface area (Å²) in [5.74, 6) is -0.181. The second-order valence-electron chi connectivity index (χ2n) is 4.09. The van der Waals surface area contributed by atoms with E-state index in [9.17, 15) is 4.79 Å². The predicted octanol–water partition coefficient (Wildman–Crippen LogP) is 1.31. The van der Waals surface area contributed by atoms with Crippen molar-refractivity contribution < 1.29 is 4.79 Å². The van der Waals surface area contributed by atoms with E-state index in [0.717, 1.165) is 0 Å². The number of carbonyl (C=O) groups excluding carboxylic acids is 1. The van der Waals surface area contributed by atoms with Crippen LogP contribution in [0.2, 0.25) is 0 Å². The summed E-state index contributed by atoms with van der Waals surface area (Å²) >= 11 is 0. The van der Waals surface area contributed by atoms with E-state index in [4.69, 9.17) is 16.3 Å². The minimum atomic E-state index is -0.404. The van der Waals surface area contributed by atoms with Crippen LogP contribution < -0.4 is 5.73 Å². The molecule has 2 rings (SSSR count). The Labute approximate surface area is 115 Å². The van der Waals surface area contributed by atoms with Crippen LogP contribution in [-0.2, 0) is 0 Å². The SMILES string of the molecule is N#CCN(CC#N)C(=O)c1cc(N)nc2ccccc12. The second kappa shape index (κ2) is 5.68. The number of benzene rings is 1. The van der Waals surface area contributed by atoms with Gasteiger partial charge >= 0.3 is 0 Å². The van der Waals surface area contributed by atoms with Crippen LogP contribution >= 0.6 is 0 Å². The lowest BCUT2D eigenvalue weighted by molar-refractivity contribution is 0.0796. The van der Waals surface area contributed by atoms with E-state index in [1.807, 2.05) is 12.1 Å². The van der Waals surface area contributed by atoms with Crippen molar-refractivity contribution in [2.75, 3.05) is 18.8 Å². The quantitative estimate of drug-likeness (QED) is 0.842. The third-order valence-electron chi connectivity index (χ3n) is 2.78. The first kappa shape index (κ1) is 13.3. The summed E-state index contributed by atoms with van der Waals surface area (Å²) in [5, 5.41) is 18.1. The molecule has 0 fully saturated rings. The summed E-state index contributed by atoms with van der Waals surface area (Å²) < 4.78 is 0. The fraction of sp³-hybridized carbons (Fsp3) is 0.143. The van der Waals surface area contributed by atoms with Gasteiger partial charge in [0.25, 0.3) is 5.91 Å². The lowest BCUT2D eigenvalue weighted by atomic mass is 10.1. The summed E-state index contributed by atoms with van der Waals surface area (Å²) in [5.41, 5.74) is 6.65. The number of fused-ring (bicyclic) bond motifs is 1. The van der Waals surface area contributed by atoms with Gasteiger partial charge in [-0.1, -0.05) is 18.2 Å². The summed E-state index contributed by atoms with van der Waals surface area (Å²) in [4.78, 5) is 17.7. The van der Waals surface area contributed by atoms with Crippen molar-refractivity contribution in [2.45, 2.75) is 0 Å². The largest absolute Gasteiger partial charge is 0.384 e. The molecule has 0 aliphatic carbocycles. The molecular formula is C14H11N5O. The first-order valence-corrected chi connectivity index (χ1v) is 5.86. The number of pyridine rings is 1. The van der Waals surface area contributed by atoms with E-state index in [0.29, 0.717) is 16.5 Å². The first-order chi connectivity index (χ1) is 9.67. The number of nitrogen functional groups attached to an aromatic ring is 1. The van der Waals surface area contributed by atoms with Gasteiger partial charge in [-0.05, 0) is 12.1 Å². The number of nitrogens with zero attached hydrogens (tertiary/aromatic N) is 4. The number of anilines is 1. The summed E-state index contributed by atoms with van der Waals surface area (Å²) in [6.45, 7) is -0.300. The molecule has 1 amide bonds. The Morgan fingerprint density at radius 2 is 1.90 bits per heavy atom. The fourth-order valence-electron chi connectivity index (χ4n) is 1.91. The lowest BCUT2D eigenvalue weighted by Gasteiger charge is -2.17. The minimum Gasteiger partial charge on any atom is -0.384 e. The summed E-state index contributed by atoms with van der Waals surface area (Å²) in [6.07, 6.45) is 0. The first-order valence-electron chi connectivity index (χ1n) is 5.86. The minimum absolute atomic E-state index is 0.150. The molecule has 0 spiro atoms. The zero-order chi connectivity index (χ0) is 14.5. The molecule has 0 saturated carbocycles. The number of para-hydroxylation sites is 1. The standard InChI is InChI=1S/C14H11N5O/c15-5-7-19(8-6-16)14(20)11-9-13(17)18-12-4-2-1-3-10(11)12/h1-4,9H,7-8H2,(H2,17,18). The van der Waals surface area contributed by atoms with Gasteiger partial charge in [-0.25, -0.2) is 4.98 Å². The van der Waals surface area contributed by atoms with Gasteiger partial charge in [0, 0.05) is 5.39 Å². The van der Waals surface area contributed by atoms with Crippen LogP contribution in [0, 0.1) is 22.7 Å². The molecular weight excluding hydrogens is 254 g/mol. The highest BCUT2D eigenvalue weighted by Crippen LogP contribution is 2.20.